The molecule has 0 aliphatic heterocycles. The maximum absolute atomic E-state index is 9.90. The van der Waals surface area contributed by atoms with Crippen LogP contribution in [0.5, 0.6) is 0 Å². The fourth-order valence-electron chi connectivity index (χ4n) is 0.552. The molecule has 0 aliphatic rings. The van der Waals surface area contributed by atoms with Gasteiger partial charge in [-0.25, -0.2) is 0 Å². The van der Waals surface area contributed by atoms with Crippen molar-refractivity contribution in [3.05, 3.63) is 0 Å². The number of unbranched alkanes of at least 4 members (excludes halogenated alkanes) is 1. The smallest absolute Gasteiger partial charge is 0.870 e. The predicted molar refractivity (Wildman–Crippen MR) is 43.4 cm³/mol. The molecule has 0 aromatic heterocycles. The van der Waals surface area contributed by atoms with Crippen molar-refractivity contribution in [2.45, 2.75) is 25.7 Å². The number of rotatable bonds is 5. The van der Waals surface area contributed by atoms with Crippen molar-refractivity contribution in [2.24, 2.45) is 0 Å². The molecule has 74 valence electrons. The van der Waals surface area contributed by atoms with Gasteiger partial charge in [-0.05, 0) is 12.8 Å². The molecular weight excluding hydrogens is 305 g/mol. The fourth-order valence-corrected chi connectivity index (χ4v) is 0.552. The average molecular weight is 317 g/mol. The zero-order valence-electron chi connectivity index (χ0n) is 7.14. The van der Waals surface area contributed by atoms with E-state index < -0.39 is 11.9 Å². The third kappa shape index (κ3) is 24.5. The van der Waals surface area contributed by atoms with Crippen LogP contribution < -0.4 is 0 Å². The molecule has 0 aromatic rings. The normalized spacial score (nSPS) is 7.08. The molecule has 7 heteroatoms. The van der Waals surface area contributed by atoms with Crippen molar-refractivity contribution >= 4 is 60.8 Å². The van der Waals surface area contributed by atoms with E-state index in [0.29, 0.717) is 12.8 Å². The van der Waals surface area contributed by atoms with E-state index >= 15 is 0 Å². The second-order valence-corrected chi connectivity index (χ2v) is 1.99. The van der Waals surface area contributed by atoms with Crippen molar-refractivity contribution in [1.29, 1.82) is 0 Å². The molecule has 6 nitrogen and oxygen atoms in total. The summed E-state index contributed by atoms with van der Waals surface area (Å²) in [6.07, 6.45) is 1.02. The molecule has 0 bridgehead atoms. The molecule has 0 aliphatic carbocycles. The van der Waals surface area contributed by atoms with E-state index in [1.54, 1.807) is 0 Å². The summed E-state index contributed by atoms with van der Waals surface area (Å²) in [7, 11) is 0. The number of carboxylic acid groups (broad SMARTS) is 2. The Balaban J connectivity index is -0.000000135. The van der Waals surface area contributed by atoms with Gasteiger partial charge in [-0.1, -0.05) is 0 Å². The van der Waals surface area contributed by atoms with Gasteiger partial charge >= 0.3 is 60.8 Å². The van der Waals surface area contributed by atoms with Gasteiger partial charge in [-0.3, -0.25) is 9.59 Å². The number of carbonyl (C=O) groups is 2. The summed E-state index contributed by atoms with van der Waals surface area (Å²) in [5.41, 5.74) is 0. The van der Waals surface area contributed by atoms with Gasteiger partial charge in [-0.15, -0.1) is 0 Å². The molecule has 0 fully saturated rings. The molecule has 0 saturated carbocycles. The Morgan fingerprint density at radius 3 is 1.23 bits per heavy atom. The number of aliphatic carboxylic acids is 2. The van der Waals surface area contributed by atoms with E-state index in [2.05, 4.69) is 0 Å². The van der Waals surface area contributed by atoms with Crippen LogP contribution in [0.15, 0.2) is 0 Å². The first-order valence-corrected chi connectivity index (χ1v) is 3.06. The van der Waals surface area contributed by atoms with Gasteiger partial charge < -0.3 is 21.2 Å². The zero-order valence-corrected chi connectivity index (χ0v) is 11.6. The Morgan fingerprint density at radius 2 is 1.08 bits per heavy atom. The SMILES string of the molecule is O=C(O)CCCCC(=O)O.[Ba+2].[OH-].[OH-]. The average Bonchev–Trinajstić information content (AvgIpc) is 1.79. The van der Waals surface area contributed by atoms with Crippen molar-refractivity contribution in [1.82, 2.24) is 0 Å². The van der Waals surface area contributed by atoms with Crippen LogP contribution in [0.2, 0.25) is 0 Å². The van der Waals surface area contributed by atoms with Crippen LogP contribution in [0.4, 0.5) is 0 Å². The van der Waals surface area contributed by atoms with Crippen molar-refractivity contribution in [3.63, 3.8) is 0 Å². The van der Waals surface area contributed by atoms with Crippen molar-refractivity contribution in [2.75, 3.05) is 0 Å². The fraction of sp³-hybridized carbons (Fsp3) is 0.667. The molecule has 0 unspecified atom stereocenters. The minimum absolute atomic E-state index is 0. The Hall–Kier alpha value is 0.431. The zero-order chi connectivity index (χ0) is 7.98. The summed E-state index contributed by atoms with van der Waals surface area (Å²) in [5, 5.41) is 16.3. The summed E-state index contributed by atoms with van der Waals surface area (Å²) in [5.74, 6) is -1.74. The van der Waals surface area contributed by atoms with Gasteiger partial charge in [0.1, 0.15) is 0 Å². The Morgan fingerprint density at radius 1 is 0.846 bits per heavy atom. The summed E-state index contributed by atoms with van der Waals surface area (Å²) >= 11 is 0. The Bertz CT molecular complexity index is 121. The molecule has 0 radical (unpaired) electrons. The van der Waals surface area contributed by atoms with Crippen LogP contribution in [0.3, 0.4) is 0 Å². The Labute approximate surface area is 116 Å². The summed E-state index contributed by atoms with van der Waals surface area (Å²) in [6.45, 7) is 0. The Kier molecular flexibility index (Phi) is 26.8. The van der Waals surface area contributed by atoms with Gasteiger partial charge in [-0.2, -0.15) is 0 Å². The van der Waals surface area contributed by atoms with E-state index in [1.165, 1.54) is 0 Å². The first-order chi connectivity index (χ1) is 4.63. The summed E-state index contributed by atoms with van der Waals surface area (Å²) in [6, 6.07) is 0. The van der Waals surface area contributed by atoms with Gasteiger partial charge in [0, 0.05) is 12.8 Å². The topological polar surface area (TPSA) is 135 Å². The van der Waals surface area contributed by atoms with Crippen LogP contribution in [-0.4, -0.2) is 82.0 Å². The molecule has 0 saturated heterocycles. The maximum atomic E-state index is 9.90. The van der Waals surface area contributed by atoms with Crippen LogP contribution in [-0.2, 0) is 9.59 Å². The second kappa shape index (κ2) is 14.9. The van der Waals surface area contributed by atoms with E-state index in [4.69, 9.17) is 10.2 Å². The van der Waals surface area contributed by atoms with Gasteiger partial charge in [0.05, 0.1) is 0 Å². The van der Waals surface area contributed by atoms with Crippen LogP contribution >= 0.6 is 0 Å². The van der Waals surface area contributed by atoms with E-state index in [0.717, 1.165) is 0 Å². The molecule has 0 rings (SSSR count). The van der Waals surface area contributed by atoms with Crippen molar-refractivity contribution < 1.29 is 30.8 Å². The van der Waals surface area contributed by atoms with Crippen molar-refractivity contribution in [3.8, 4) is 0 Å². The van der Waals surface area contributed by atoms with Gasteiger partial charge in [0.25, 0.3) is 0 Å². The molecule has 0 amide bonds. The van der Waals surface area contributed by atoms with Crippen LogP contribution in [0.25, 0.3) is 0 Å². The van der Waals surface area contributed by atoms with Crippen LogP contribution in [0.1, 0.15) is 25.7 Å². The van der Waals surface area contributed by atoms with Crippen LogP contribution in [0, 0.1) is 0 Å². The molecular formula is C6H12BaO6. The molecule has 0 aromatic carbocycles. The maximum Gasteiger partial charge on any atom is 2.00 e. The predicted octanol–water partition coefficient (Wildman–Crippen LogP) is -0.0184. The standard InChI is InChI=1S/C6H10O4.Ba.2H2O/c7-5(8)3-1-2-4-6(9)10;;;/h1-4H2,(H,7,8)(H,9,10);;2*1H2/q;+2;;/p-2. The first-order valence-electron chi connectivity index (χ1n) is 3.06. The quantitative estimate of drug-likeness (QED) is 0.540. The number of hydrogen-bond donors (Lipinski definition) is 2. The molecule has 0 spiro atoms. The minimum Gasteiger partial charge on any atom is -0.870 e. The second-order valence-electron chi connectivity index (χ2n) is 1.99. The molecule has 0 heterocycles. The van der Waals surface area contributed by atoms with E-state index in [-0.39, 0.29) is 72.7 Å². The van der Waals surface area contributed by atoms with Gasteiger partial charge in [0.2, 0.25) is 0 Å². The third-order valence-electron chi connectivity index (χ3n) is 1.03. The molecule has 0 atom stereocenters. The summed E-state index contributed by atoms with van der Waals surface area (Å²) in [4.78, 5) is 19.8. The summed E-state index contributed by atoms with van der Waals surface area (Å²) < 4.78 is 0. The molecule has 13 heavy (non-hydrogen) atoms. The monoisotopic (exact) mass is 318 g/mol. The third-order valence-corrected chi connectivity index (χ3v) is 1.03. The van der Waals surface area contributed by atoms with E-state index in [9.17, 15) is 9.59 Å². The van der Waals surface area contributed by atoms with E-state index in [1.807, 2.05) is 0 Å². The number of carboxylic acids is 2. The van der Waals surface area contributed by atoms with Gasteiger partial charge in [0.15, 0.2) is 0 Å². The minimum atomic E-state index is -0.870. The number of hydrogen-bond acceptors (Lipinski definition) is 4. The molecule has 4 N–H and O–H groups in total. The first kappa shape index (κ1) is 23.3. The largest absolute Gasteiger partial charge is 2.00 e.